The number of aliphatic hydroxyl groups excluding tert-OH is 2. The summed E-state index contributed by atoms with van der Waals surface area (Å²) in [5.74, 6) is -1.61. The molecule has 0 saturated carbocycles. The second-order valence-corrected chi connectivity index (χ2v) is 29.7. The Balaban J connectivity index is 4.55. The van der Waals surface area contributed by atoms with Gasteiger partial charge in [0.05, 0.1) is 26.4 Å². The maximum Gasteiger partial charge on any atom is 0.472 e. The number of hydrogen-bond donors (Lipinski definition) is 4. The number of esters is 3. The van der Waals surface area contributed by atoms with Crippen molar-refractivity contribution in [3.8, 4) is 0 Å². The molecular formula is C87H146O16P2. The minimum absolute atomic E-state index is 0.0806. The van der Waals surface area contributed by atoms with Crippen molar-refractivity contribution in [3.63, 3.8) is 0 Å². The SMILES string of the molecule is CC/C=C\C/C=C\C/C=C\C/C=C\C/C=C\CCCCCCCCCCCCCCCCCC(=O)OCC(O)COP(=O)(O)OCC(O)COP(=O)(O)OCC(COC(=O)CCCCCCCC/C=C\C/C=C\C/C=C\C/C=C\CC)OC(=O)CCCCCCCC/C=C\C/C=C\C/C=C\C/C=C\CC. The third-order valence-corrected chi connectivity index (χ3v) is 18.6. The zero-order chi connectivity index (χ0) is 76.6. The first-order valence-corrected chi connectivity index (χ1v) is 43.8. The molecule has 600 valence electrons. The Morgan fingerprint density at radius 1 is 0.267 bits per heavy atom. The van der Waals surface area contributed by atoms with Gasteiger partial charge in [0.2, 0.25) is 0 Å². The molecule has 16 nitrogen and oxygen atoms in total. The van der Waals surface area contributed by atoms with Crippen LogP contribution in [0.5, 0.6) is 0 Å². The third-order valence-electron chi connectivity index (χ3n) is 16.7. The van der Waals surface area contributed by atoms with Crippen molar-refractivity contribution in [3.05, 3.63) is 158 Å². The van der Waals surface area contributed by atoms with Crippen LogP contribution in [0.25, 0.3) is 0 Å². The topological polar surface area (TPSA) is 231 Å². The summed E-state index contributed by atoms with van der Waals surface area (Å²) < 4.78 is 61.2. The summed E-state index contributed by atoms with van der Waals surface area (Å²) in [6.45, 7) is 2.32. The lowest BCUT2D eigenvalue weighted by atomic mass is 10.0. The molecule has 0 amide bonds. The molecule has 0 rings (SSSR count). The molecule has 0 fully saturated rings. The molecule has 0 aliphatic carbocycles. The number of unbranched alkanes of at least 4 members (excludes halogenated alkanes) is 27. The second-order valence-electron chi connectivity index (χ2n) is 26.8. The van der Waals surface area contributed by atoms with Crippen molar-refractivity contribution < 1.29 is 75.8 Å². The summed E-state index contributed by atoms with van der Waals surface area (Å²) >= 11 is 0. The van der Waals surface area contributed by atoms with E-state index in [4.69, 9.17) is 32.3 Å². The molecule has 4 N–H and O–H groups in total. The number of phosphoric acid groups is 2. The van der Waals surface area contributed by atoms with Crippen molar-refractivity contribution in [2.24, 2.45) is 0 Å². The lowest BCUT2D eigenvalue weighted by molar-refractivity contribution is -0.161. The number of hydrogen-bond acceptors (Lipinski definition) is 14. The van der Waals surface area contributed by atoms with E-state index in [-0.39, 0.29) is 19.3 Å². The van der Waals surface area contributed by atoms with Crippen LogP contribution < -0.4 is 0 Å². The number of ether oxygens (including phenoxy) is 3. The maximum absolute atomic E-state index is 13.0. The van der Waals surface area contributed by atoms with Crippen LogP contribution in [0.3, 0.4) is 0 Å². The highest BCUT2D eigenvalue weighted by Crippen LogP contribution is 2.45. The van der Waals surface area contributed by atoms with Gasteiger partial charge in [-0.25, -0.2) is 9.13 Å². The summed E-state index contributed by atoms with van der Waals surface area (Å²) in [7, 11) is -9.81. The van der Waals surface area contributed by atoms with Gasteiger partial charge in [-0.05, 0) is 141 Å². The minimum atomic E-state index is -4.94. The fraction of sp³-hybridized carbons (Fsp3) is 0.667. The standard InChI is InChI=1S/C87H146O16P2/c1-4-7-10-13-16-19-22-25-28-31-34-35-36-37-38-39-40-41-42-43-44-45-48-50-52-55-58-61-64-67-70-73-85(90)97-76-82(88)77-99-104(93,94)100-78-83(89)79-101-105(95,96)102-81-84(103-87(92)75-72-69-66-63-60-57-54-51-47-33-30-27-24-21-18-15-12-9-6-3)80-98-86(91)74-71-68-65-62-59-56-53-49-46-32-29-26-23-20-17-14-11-8-5-2/h7-12,16-21,25-30,34-35,37-38,46-47,49,51,82-84,88-89H,4-6,13-15,22-24,31-33,36,39-45,48,50,52-81H2,1-3H3,(H,93,94)(H,95,96)/b10-7-,11-8-,12-9-,19-16-,20-17-,21-18-,28-25-,29-26-,30-27-,35-34-,38-37-,49-46-,51-47-. The van der Waals surface area contributed by atoms with Crippen molar-refractivity contribution >= 4 is 33.6 Å². The zero-order valence-corrected chi connectivity index (χ0v) is 67.4. The molecule has 105 heavy (non-hydrogen) atoms. The van der Waals surface area contributed by atoms with Crippen molar-refractivity contribution in [2.45, 2.75) is 334 Å². The van der Waals surface area contributed by atoms with E-state index < -0.39 is 91.5 Å². The van der Waals surface area contributed by atoms with Crippen LogP contribution >= 0.6 is 15.6 Å². The largest absolute Gasteiger partial charge is 0.472 e. The van der Waals surface area contributed by atoms with Gasteiger partial charge >= 0.3 is 33.6 Å². The highest BCUT2D eigenvalue weighted by Gasteiger charge is 2.29. The van der Waals surface area contributed by atoms with Crippen LogP contribution in [-0.4, -0.2) is 95.9 Å². The van der Waals surface area contributed by atoms with E-state index in [1.54, 1.807) is 0 Å². The van der Waals surface area contributed by atoms with Gasteiger partial charge in [-0.15, -0.1) is 0 Å². The van der Waals surface area contributed by atoms with E-state index in [9.17, 15) is 43.5 Å². The van der Waals surface area contributed by atoms with Gasteiger partial charge in [-0.2, -0.15) is 0 Å². The van der Waals surface area contributed by atoms with Crippen LogP contribution in [0.15, 0.2) is 158 Å². The second kappa shape index (κ2) is 78.7. The van der Waals surface area contributed by atoms with Gasteiger partial charge in [0, 0.05) is 19.3 Å². The fourth-order valence-electron chi connectivity index (χ4n) is 10.6. The molecule has 0 heterocycles. The Morgan fingerprint density at radius 2 is 0.476 bits per heavy atom. The van der Waals surface area contributed by atoms with Crippen molar-refractivity contribution in [2.75, 3.05) is 39.6 Å². The van der Waals surface area contributed by atoms with Gasteiger partial charge in [0.1, 0.15) is 25.4 Å². The summed E-state index contributed by atoms with van der Waals surface area (Å²) in [5, 5.41) is 20.7. The van der Waals surface area contributed by atoms with E-state index >= 15 is 0 Å². The number of carbonyl (C=O) groups excluding carboxylic acids is 3. The van der Waals surface area contributed by atoms with Crippen LogP contribution in [0.2, 0.25) is 0 Å². The number of allylic oxidation sites excluding steroid dienone is 26. The predicted molar refractivity (Wildman–Crippen MR) is 435 cm³/mol. The minimum Gasteiger partial charge on any atom is -0.463 e. The molecule has 0 aliphatic rings. The van der Waals surface area contributed by atoms with Crippen LogP contribution in [-0.2, 0) is 55.8 Å². The lowest BCUT2D eigenvalue weighted by Crippen LogP contribution is -2.30. The van der Waals surface area contributed by atoms with Crippen LogP contribution in [0.1, 0.15) is 316 Å². The molecule has 18 heteroatoms. The van der Waals surface area contributed by atoms with Gasteiger partial charge in [0.25, 0.3) is 0 Å². The number of phosphoric ester groups is 2. The fourth-order valence-corrected chi connectivity index (χ4v) is 12.2. The van der Waals surface area contributed by atoms with E-state index in [1.807, 2.05) is 0 Å². The van der Waals surface area contributed by atoms with E-state index in [0.717, 1.165) is 180 Å². The Kier molecular flexibility index (Phi) is 75.1. The maximum atomic E-state index is 13.0. The molecule has 0 aliphatic heterocycles. The lowest BCUT2D eigenvalue weighted by Gasteiger charge is -2.21. The van der Waals surface area contributed by atoms with E-state index in [2.05, 4.69) is 179 Å². The summed E-state index contributed by atoms with van der Waals surface area (Å²) in [6.07, 6.45) is 98.6. The quantitative estimate of drug-likeness (QED) is 0.0146. The Bertz CT molecular complexity index is 2540. The van der Waals surface area contributed by atoms with Crippen LogP contribution in [0, 0.1) is 0 Å². The Morgan fingerprint density at radius 3 is 0.752 bits per heavy atom. The molecule has 0 saturated heterocycles. The zero-order valence-electron chi connectivity index (χ0n) is 65.6. The van der Waals surface area contributed by atoms with Crippen molar-refractivity contribution in [1.82, 2.24) is 0 Å². The van der Waals surface area contributed by atoms with Crippen LogP contribution in [0.4, 0.5) is 0 Å². The summed E-state index contributed by atoms with van der Waals surface area (Å²) in [5.41, 5.74) is 0. The molecule has 0 aromatic carbocycles. The molecule has 0 aromatic heterocycles. The number of carbonyl (C=O) groups is 3. The van der Waals surface area contributed by atoms with E-state index in [1.165, 1.54) is 77.0 Å². The van der Waals surface area contributed by atoms with Gasteiger partial charge in [-0.1, -0.05) is 314 Å². The molecule has 5 atom stereocenters. The summed E-state index contributed by atoms with van der Waals surface area (Å²) in [4.78, 5) is 58.7. The highest BCUT2D eigenvalue weighted by molar-refractivity contribution is 7.47. The first-order valence-electron chi connectivity index (χ1n) is 40.8. The average molecular weight is 1510 g/mol. The molecule has 0 radical (unpaired) electrons. The smallest absolute Gasteiger partial charge is 0.463 e. The van der Waals surface area contributed by atoms with Crippen molar-refractivity contribution in [1.29, 1.82) is 0 Å². The third kappa shape index (κ3) is 80.0. The Labute approximate surface area is 638 Å². The Hall–Kier alpha value is -4.83. The monoisotopic (exact) mass is 1510 g/mol. The molecule has 0 aromatic rings. The normalized spacial score (nSPS) is 14.8. The average Bonchev–Trinajstić information content (AvgIpc) is 0.915. The molecular weight excluding hydrogens is 1360 g/mol. The molecule has 0 bridgehead atoms. The number of rotatable bonds is 76. The number of aliphatic hydroxyl groups is 2. The highest BCUT2D eigenvalue weighted by atomic mass is 31.2. The molecule has 0 spiro atoms. The summed E-state index contributed by atoms with van der Waals surface area (Å²) in [6, 6.07) is 0. The predicted octanol–water partition coefficient (Wildman–Crippen LogP) is 24.2. The van der Waals surface area contributed by atoms with Gasteiger partial charge in [-0.3, -0.25) is 32.5 Å². The van der Waals surface area contributed by atoms with Gasteiger partial charge < -0.3 is 34.2 Å². The van der Waals surface area contributed by atoms with Gasteiger partial charge in [0.15, 0.2) is 6.10 Å². The first-order chi connectivity index (χ1) is 51.2. The molecule has 5 unspecified atom stereocenters. The first kappa shape index (κ1) is 100. The van der Waals surface area contributed by atoms with E-state index in [0.29, 0.717) is 19.3 Å².